The van der Waals surface area contributed by atoms with E-state index in [-0.39, 0.29) is 18.0 Å². The number of carbonyl (C=O) groups is 1. The molecule has 3 N–H and O–H groups in total. The maximum Gasteiger partial charge on any atom is 0.220 e. The molecule has 2 heterocycles. The average Bonchev–Trinajstić information content (AvgIpc) is 2.70. The van der Waals surface area contributed by atoms with Crippen molar-refractivity contribution in [3.8, 4) is 0 Å². The van der Waals surface area contributed by atoms with E-state index in [0.717, 1.165) is 19.4 Å². The Balaban J connectivity index is 2.06. The Morgan fingerprint density at radius 3 is 3.20 bits per heavy atom. The predicted molar refractivity (Wildman–Crippen MR) is 56.1 cm³/mol. The molecule has 1 aliphatic carbocycles. The molecule has 0 saturated carbocycles. The zero-order valence-electron chi connectivity index (χ0n) is 8.79. The van der Waals surface area contributed by atoms with Crippen molar-refractivity contribution in [3.63, 3.8) is 0 Å². The summed E-state index contributed by atoms with van der Waals surface area (Å²) >= 11 is 0. The summed E-state index contributed by atoms with van der Waals surface area (Å²) in [6.45, 7) is 2.38. The van der Waals surface area contributed by atoms with Crippen LogP contribution in [0.25, 0.3) is 0 Å². The number of rotatable bonds is 0. The van der Waals surface area contributed by atoms with Gasteiger partial charge in [-0.1, -0.05) is 0 Å². The first-order valence-corrected chi connectivity index (χ1v) is 5.38. The Morgan fingerprint density at radius 2 is 2.47 bits per heavy atom. The summed E-state index contributed by atoms with van der Waals surface area (Å²) in [5.74, 6) is 0.149. The van der Waals surface area contributed by atoms with E-state index in [4.69, 9.17) is 5.73 Å². The second kappa shape index (κ2) is 2.85. The zero-order valence-corrected chi connectivity index (χ0v) is 8.79. The van der Waals surface area contributed by atoms with Crippen LogP contribution in [0.2, 0.25) is 0 Å². The highest BCUT2D eigenvalue weighted by Gasteiger charge is 2.38. The lowest BCUT2D eigenvalue weighted by molar-refractivity contribution is -0.131. The van der Waals surface area contributed by atoms with Crippen LogP contribution in [-0.4, -0.2) is 21.8 Å². The SMILES string of the molecule is CC(=O)N1Cc2c[nH]c3c2C1CC(N)C3. The number of aromatic amines is 1. The summed E-state index contributed by atoms with van der Waals surface area (Å²) in [5, 5.41) is 0. The van der Waals surface area contributed by atoms with E-state index < -0.39 is 0 Å². The second-order valence-electron chi connectivity index (χ2n) is 4.57. The Bertz CT molecular complexity index is 423. The third-order valence-corrected chi connectivity index (χ3v) is 3.54. The first-order valence-electron chi connectivity index (χ1n) is 5.38. The quantitative estimate of drug-likeness (QED) is 0.654. The summed E-state index contributed by atoms with van der Waals surface area (Å²) in [7, 11) is 0. The second-order valence-corrected chi connectivity index (χ2v) is 4.57. The number of H-pyrrole nitrogens is 1. The van der Waals surface area contributed by atoms with Gasteiger partial charge < -0.3 is 15.6 Å². The summed E-state index contributed by atoms with van der Waals surface area (Å²) in [5.41, 5.74) is 9.85. The van der Waals surface area contributed by atoms with Crippen LogP contribution in [0.5, 0.6) is 0 Å². The molecule has 2 atom stereocenters. The van der Waals surface area contributed by atoms with Crippen molar-refractivity contribution in [3.05, 3.63) is 23.0 Å². The number of hydrogen-bond donors (Lipinski definition) is 2. The van der Waals surface area contributed by atoms with Crippen molar-refractivity contribution in [2.75, 3.05) is 0 Å². The van der Waals surface area contributed by atoms with Gasteiger partial charge in [0.25, 0.3) is 0 Å². The van der Waals surface area contributed by atoms with Crippen LogP contribution in [0.15, 0.2) is 6.20 Å². The number of amides is 1. The summed E-state index contributed by atoms with van der Waals surface area (Å²) in [4.78, 5) is 16.7. The van der Waals surface area contributed by atoms with E-state index in [1.165, 1.54) is 16.8 Å². The number of nitrogens with two attached hydrogens (primary N) is 1. The van der Waals surface area contributed by atoms with Gasteiger partial charge in [-0.2, -0.15) is 0 Å². The van der Waals surface area contributed by atoms with Crippen molar-refractivity contribution >= 4 is 5.91 Å². The van der Waals surface area contributed by atoms with Gasteiger partial charge in [0.15, 0.2) is 0 Å². The molecule has 0 saturated heterocycles. The number of carbonyl (C=O) groups excluding carboxylic acids is 1. The van der Waals surface area contributed by atoms with Crippen LogP contribution in [0.1, 0.15) is 36.2 Å². The van der Waals surface area contributed by atoms with Gasteiger partial charge in [0, 0.05) is 43.4 Å². The molecular formula is C11H15N3O. The van der Waals surface area contributed by atoms with Gasteiger partial charge in [-0.05, 0) is 12.0 Å². The van der Waals surface area contributed by atoms with Gasteiger partial charge in [-0.3, -0.25) is 4.79 Å². The van der Waals surface area contributed by atoms with Gasteiger partial charge in [-0.15, -0.1) is 0 Å². The van der Waals surface area contributed by atoms with Crippen molar-refractivity contribution in [2.45, 2.75) is 38.4 Å². The molecule has 15 heavy (non-hydrogen) atoms. The number of nitrogens with zero attached hydrogens (tertiary/aromatic N) is 1. The standard InChI is InChI=1S/C11H15N3O/c1-6(15)14-5-7-4-13-9-2-8(12)3-10(14)11(7)9/h4,8,10,13H,2-3,5,12H2,1H3. The molecule has 1 amide bonds. The number of hydrogen-bond acceptors (Lipinski definition) is 2. The Labute approximate surface area is 88.4 Å². The van der Waals surface area contributed by atoms with Crippen molar-refractivity contribution < 1.29 is 4.79 Å². The lowest BCUT2D eigenvalue weighted by Crippen LogP contribution is -2.37. The molecule has 0 spiro atoms. The third-order valence-electron chi connectivity index (χ3n) is 3.54. The average molecular weight is 205 g/mol. The molecule has 2 unspecified atom stereocenters. The number of nitrogens with one attached hydrogen (secondary N) is 1. The molecule has 0 radical (unpaired) electrons. The predicted octanol–water partition coefficient (Wildman–Crippen LogP) is 0.691. The van der Waals surface area contributed by atoms with E-state index in [1.807, 2.05) is 11.1 Å². The van der Waals surface area contributed by atoms with Crippen LogP contribution >= 0.6 is 0 Å². The van der Waals surface area contributed by atoms with E-state index in [1.54, 1.807) is 6.92 Å². The van der Waals surface area contributed by atoms with Crippen LogP contribution in [-0.2, 0) is 17.8 Å². The Kier molecular flexibility index (Phi) is 1.71. The van der Waals surface area contributed by atoms with Crippen LogP contribution in [0.3, 0.4) is 0 Å². The van der Waals surface area contributed by atoms with E-state index in [9.17, 15) is 4.79 Å². The first-order chi connectivity index (χ1) is 7.16. The maximum atomic E-state index is 11.5. The lowest BCUT2D eigenvalue weighted by Gasteiger charge is -2.30. The molecule has 0 bridgehead atoms. The van der Waals surface area contributed by atoms with Crippen LogP contribution in [0, 0.1) is 0 Å². The van der Waals surface area contributed by atoms with Gasteiger partial charge in [0.1, 0.15) is 0 Å². The highest BCUT2D eigenvalue weighted by atomic mass is 16.2. The van der Waals surface area contributed by atoms with E-state index in [2.05, 4.69) is 4.98 Å². The molecule has 1 aromatic rings. The highest BCUT2D eigenvalue weighted by molar-refractivity contribution is 5.75. The van der Waals surface area contributed by atoms with Crippen molar-refractivity contribution in [1.82, 2.24) is 9.88 Å². The van der Waals surface area contributed by atoms with Gasteiger partial charge in [-0.25, -0.2) is 0 Å². The molecular weight excluding hydrogens is 190 g/mol. The molecule has 4 nitrogen and oxygen atoms in total. The number of aromatic nitrogens is 1. The molecule has 80 valence electrons. The molecule has 4 heteroatoms. The van der Waals surface area contributed by atoms with E-state index >= 15 is 0 Å². The minimum Gasteiger partial charge on any atom is -0.364 e. The topological polar surface area (TPSA) is 62.1 Å². The Hall–Kier alpha value is -1.29. The molecule has 1 aliphatic heterocycles. The summed E-state index contributed by atoms with van der Waals surface area (Å²) in [6.07, 6.45) is 3.84. The fourth-order valence-corrected chi connectivity index (χ4v) is 2.90. The normalized spacial score (nSPS) is 28.0. The van der Waals surface area contributed by atoms with Gasteiger partial charge in [0.05, 0.1) is 6.04 Å². The molecule has 0 aromatic carbocycles. The van der Waals surface area contributed by atoms with Crippen molar-refractivity contribution in [2.24, 2.45) is 5.73 Å². The fraction of sp³-hybridized carbons (Fsp3) is 0.545. The van der Waals surface area contributed by atoms with Crippen molar-refractivity contribution in [1.29, 1.82) is 0 Å². The molecule has 2 aliphatic rings. The Morgan fingerprint density at radius 1 is 1.67 bits per heavy atom. The monoisotopic (exact) mass is 205 g/mol. The smallest absolute Gasteiger partial charge is 0.220 e. The molecule has 1 aromatic heterocycles. The lowest BCUT2D eigenvalue weighted by atomic mass is 9.89. The third kappa shape index (κ3) is 1.14. The maximum absolute atomic E-state index is 11.5. The first kappa shape index (κ1) is 8.97. The highest BCUT2D eigenvalue weighted by Crippen LogP contribution is 2.42. The van der Waals surface area contributed by atoms with Gasteiger partial charge in [0.2, 0.25) is 5.91 Å². The van der Waals surface area contributed by atoms with Crippen LogP contribution in [0.4, 0.5) is 0 Å². The van der Waals surface area contributed by atoms with E-state index in [0.29, 0.717) is 0 Å². The molecule has 3 rings (SSSR count). The summed E-state index contributed by atoms with van der Waals surface area (Å²) in [6, 6.07) is 0.399. The van der Waals surface area contributed by atoms with Gasteiger partial charge >= 0.3 is 0 Å². The fourth-order valence-electron chi connectivity index (χ4n) is 2.90. The van der Waals surface area contributed by atoms with Crippen LogP contribution < -0.4 is 5.73 Å². The molecule has 0 fully saturated rings. The largest absolute Gasteiger partial charge is 0.364 e. The summed E-state index contributed by atoms with van der Waals surface area (Å²) < 4.78 is 0. The minimum atomic E-state index is 0.149. The zero-order chi connectivity index (χ0) is 10.6. The minimum absolute atomic E-state index is 0.149.